The second kappa shape index (κ2) is 10.5. The molecule has 0 bridgehead atoms. The van der Waals surface area contributed by atoms with Crippen LogP contribution in [0.15, 0.2) is 77.7 Å². The number of carbonyl (C=O) groups is 1. The van der Waals surface area contributed by atoms with Crippen LogP contribution in [0.5, 0.6) is 0 Å². The van der Waals surface area contributed by atoms with E-state index in [4.69, 9.17) is 11.6 Å². The molecule has 1 unspecified atom stereocenters. The van der Waals surface area contributed by atoms with Crippen molar-refractivity contribution in [1.82, 2.24) is 18.4 Å². The zero-order chi connectivity index (χ0) is 25.1. The van der Waals surface area contributed by atoms with Gasteiger partial charge in [-0.25, -0.2) is 8.42 Å². The molecule has 3 aromatic carbocycles. The highest BCUT2D eigenvalue weighted by molar-refractivity contribution is 7.89. The van der Waals surface area contributed by atoms with Crippen LogP contribution in [0.1, 0.15) is 5.56 Å². The summed E-state index contributed by atoms with van der Waals surface area (Å²) in [5.41, 5.74) is 2.67. The summed E-state index contributed by atoms with van der Waals surface area (Å²) in [6, 6.07) is 20.9. The molecule has 1 aliphatic heterocycles. The van der Waals surface area contributed by atoms with E-state index in [0.717, 1.165) is 23.0 Å². The lowest BCUT2D eigenvalue weighted by Crippen LogP contribution is -2.55. The van der Waals surface area contributed by atoms with Gasteiger partial charge in [-0.3, -0.25) is 4.79 Å². The number of nitrogens with zero attached hydrogens (tertiary/aromatic N) is 4. The number of sulfonamides is 1. The molecule has 36 heavy (non-hydrogen) atoms. The van der Waals surface area contributed by atoms with Gasteiger partial charge in [-0.2, -0.15) is 13.5 Å². The van der Waals surface area contributed by atoms with Gasteiger partial charge in [0.2, 0.25) is 15.9 Å². The Balaban J connectivity index is 1.37. The molecule has 1 N–H and O–H groups in total. The number of rotatable bonds is 7. The lowest BCUT2D eigenvalue weighted by Gasteiger charge is -2.37. The highest BCUT2D eigenvalue weighted by Gasteiger charge is 2.32. The maximum absolute atomic E-state index is 13.7. The molecule has 0 spiro atoms. The molecular formula is C25H24ClN5O3S2. The van der Waals surface area contributed by atoms with Crippen LogP contribution in [0.25, 0.3) is 11.0 Å². The SMILES string of the molecule is O=C(C(Cc1ccccc1)NS(=O)(=O)c1cccc2nsnc12)N1CCN(c2cccc(Cl)c2)CC1. The smallest absolute Gasteiger partial charge is 0.243 e. The first-order chi connectivity index (χ1) is 17.4. The summed E-state index contributed by atoms with van der Waals surface area (Å²) in [7, 11) is -4.04. The summed E-state index contributed by atoms with van der Waals surface area (Å²) >= 11 is 7.09. The standard InChI is InChI=1S/C25H24ClN5O3S2/c26-19-8-4-9-20(17-19)30-12-14-31(15-13-30)25(32)22(16-18-6-2-1-3-7-18)29-36(33,34)23-11-5-10-21-24(23)28-35-27-21/h1-11,17,22,29H,12-16H2. The zero-order valence-electron chi connectivity index (χ0n) is 19.2. The molecule has 1 amide bonds. The van der Waals surface area contributed by atoms with Crippen LogP contribution in [-0.2, 0) is 21.2 Å². The average molecular weight is 542 g/mol. The lowest BCUT2D eigenvalue weighted by molar-refractivity contribution is -0.133. The number of benzene rings is 3. The number of fused-ring (bicyclic) bond motifs is 1. The summed E-state index contributed by atoms with van der Waals surface area (Å²) in [4.78, 5) is 17.6. The third-order valence-corrected chi connectivity index (χ3v) is 8.46. The second-order valence-electron chi connectivity index (χ2n) is 8.54. The van der Waals surface area contributed by atoms with Crippen molar-refractivity contribution >= 4 is 56.0 Å². The van der Waals surface area contributed by atoms with E-state index in [1.807, 2.05) is 54.6 Å². The Morgan fingerprint density at radius 1 is 0.972 bits per heavy atom. The van der Waals surface area contributed by atoms with Gasteiger partial charge in [0, 0.05) is 36.9 Å². The molecule has 8 nitrogen and oxygen atoms in total. The number of piperazine rings is 1. The van der Waals surface area contributed by atoms with Crippen molar-refractivity contribution < 1.29 is 13.2 Å². The van der Waals surface area contributed by atoms with E-state index in [9.17, 15) is 13.2 Å². The van der Waals surface area contributed by atoms with Gasteiger partial charge in [0.25, 0.3) is 0 Å². The molecule has 1 atom stereocenters. The van der Waals surface area contributed by atoms with Gasteiger partial charge in [-0.05, 0) is 42.3 Å². The van der Waals surface area contributed by atoms with Gasteiger partial charge >= 0.3 is 0 Å². The van der Waals surface area contributed by atoms with Crippen molar-refractivity contribution in [2.75, 3.05) is 31.1 Å². The van der Waals surface area contributed by atoms with Crippen LogP contribution < -0.4 is 9.62 Å². The first-order valence-electron chi connectivity index (χ1n) is 11.5. The minimum Gasteiger partial charge on any atom is -0.368 e. The molecule has 0 radical (unpaired) electrons. The van der Waals surface area contributed by atoms with E-state index in [-0.39, 0.29) is 17.2 Å². The quantitative estimate of drug-likeness (QED) is 0.384. The van der Waals surface area contributed by atoms with Crippen LogP contribution in [0.3, 0.4) is 0 Å². The van der Waals surface area contributed by atoms with Gasteiger partial charge in [0.1, 0.15) is 22.0 Å². The van der Waals surface area contributed by atoms with E-state index in [0.29, 0.717) is 42.2 Å². The van der Waals surface area contributed by atoms with E-state index >= 15 is 0 Å². The summed E-state index contributed by atoms with van der Waals surface area (Å²) in [5, 5.41) is 0.661. The molecule has 1 saturated heterocycles. The number of halogens is 1. The molecule has 4 aromatic rings. The number of anilines is 1. The number of aromatic nitrogens is 2. The highest BCUT2D eigenvalue weighted by Crippen LogP contribution is 2.23. The predicted molar refractivity (Wildman–Crippen MR) is 142 cm³/mol. The summed E-state index contributed by atoms with van der Waals surface area (Å²) in [6.45, 7) is 2.20. The summed E-state index contributed by atoms with van der Waals surface area (Å²) in [6.07, 6.45) is 0.235. The third-order valence-electron chi connectivity index (χ3n) is 6.18. The zero-order valence-corrected chi connectivity index (χ0v) is 21.6. The Morgan fingerprint density at radius 3 is 2.47 bits per heavy atom. The molecule has 186 valence electrons. The Bertz CT molecular complexity index is 1470. The van der Waals surface area contributed by atoms with Crippen molar-refractivity contribution in [3.05, 3.63) is 83.4 Å². The number of amides is 1. The fraction of sp³-hybridized carbons (Fsp3) is 0.240. The molecular weight excluding hydrogens is 518 g/mol. The van der Waals surface area contributed by atoms with Gasteiger partial charge in [0.05, 0.1) is 11.7 Å². The van der Waals surface area contributed by atoms with Crippen LogP contribution in [0.4, 0.5) is 5.69 Å². The second-order valence-corrected chi connectivity index (χ2v) is 11.2. The fourth-order valence-electron chi connectivity index (χ4n) is 4.36. The van der Waals surface area contributed by atoms with Crippen molar-refractivity contribution in [3.63, 3.8) is 0 Å². The molecule has 1 fully saturated rings. The van der Waals surface area contributed by atoms with Gasteiger partial charge in [-0.15, -0.1) is 0 Å². The highest BCUT2D eigenvalue weighted by atomic mass is 35.5. The van der Waals surface area contributed by atoms with E-state index in [1.54, 1.807) is 17.0 Å². The lowest BCUT2D eigenvalue weighted by atomic mass is 10.1. The first-order valence-corrected chi connectivity index (χ1v) is 14.1. The normalized spacial score (nSPS) is 15.2. The van der Waals surface area contributed by atoms with Crippen molar-refractivity contribution in [1.29, 1.82) is 0 Å². The van der Waals surface area contributed by atoms with Crippen LogP contribution in [0, 0.1) is 0 Å². The van der Waals surface area contributed by atoms with E-state index < -0.39 is 16.1 Å². The minimum absolute atomic E-state index is 0.0189. The maximum Gasteiger partial charge on any atom is 0.243 e. The number of carbonyl (C=O) groups excluding carboxylic acids is 1. The van der Waals surface area contributed by atoms with Crippen molar-refractivity contribution in [2.24, 2.45) is 0 Å². The molecule has 5 rings (SSSR count). The summed E-state index contributed by atoms with van der Waals surface area (Å²) in [5.74, 6) is -0.253. The summed E-state index contributed by atoms with van der Waals surface area (Å²) < 4.78 is 37.8. The Morgan fingerprint density at radius 2 is 1.72 bits per heavy atom. The monoisotopic (exact) mass is 541 g/mol. The molecule has 11 heteroatoms. The average Bonchev–Trinajstić information content (AvgIpc) is 3.37. The molecule has 1 aliphatic rings. The first kappa shape index (κ1) is 24.6. The van der Waals surface area contributed by atoms with Crippen molar-refractivity contribution in [2.45, 2.75) is 17.4 Å². The molecule has 2 heterocycles. The van der Waals surface area contributed by atoms with Gasteiger partial charge in [0.15, 0.2) is 0 Å². The van der Waals surface area contributed by atoms with E-state index in [2.05, 4.69) is 18.4 Å². The van der Waals surface area contributed by atoms with Crippen LogP contribution >= 0.6 is 23.3 Å². The molecule has 1 aromatic heterocycles. The molecule has 0 aliphatic carbocycles. The topological polar surface area (TPSA) is 95.5 Å². The van der Waals surface area contributed by atoms with Crippen LogP contribution in [-0.4, -0.2) is 60.2 Å². The Labute approximate surface area is 218 Å². The predicted octanol–water partition coefficient (Wildman–Crippen LogP) is 3.58. The Kier molecular flexibility index (Phi) is 7.20. The number of hydrogen-bond acceptors (Lipinski definition) is 7. The Hall–Kier alpha value is -3.05. The largest absolute Gasteiger partial charge is 0.368 e. The van der Waals surface area contributed by atoms with Gasteiger partial charge < -0.3 is 9.80 Å². The van der Waals surface area contributed by atoms with E-state index in [1.165, 1.54) is 6.07 Å². The third kappa shape index (κ3) is 5.36. The minimum atomic E-state index is -4.04. The fourth-order valence-corrected chi connectivity index (χ4v) is 6.50. The van der Waals surface area contributed by atoms with Crippen molar-refractivity contribution in [3.8, 4) is 0 Å². The van der Waals surface area contributed by atoms with Crippen LogP contribution in [0.2, 0.25) is 5.02 Å². The van der Waals surface area contributed by atoms with Gasteiger partial charge in [-0.1, -0.05) is 54.1 Å². The molecule has 0 saturated carbocycles. The number of nitrogens with one attached hydrogen (secondary N) is 1. The maximum atomic E-state index is 13.7. The number of hydrogen-bond donors (Lipinski definition) is 1.